The number of nitrogens with one attached hydrogen (secondary N) is 1. The van der Waals surface area contributed by atoms with Crippen molar-refractivity contribution in [3.63, 3.8) is 0 Å². The lowest BCUT2D eigenvalue weighted by Crippen LogP contribution is -2.51. The van der Waals surface area contributed by atoms with Crippen molar-refractivity contribution in [2.45, 2.75) is 56.5 Å². The molecular weight excluding hydrogens is 428 g/mol. The van der Waals surface area contributed by atoms with Crippen LogP contribution in [-0.4, -0.2) is 55.7 Å². The van der Waals surface area contributed by atoms with E-state index in [1.807, 2.05) is 6.92 Å². The Morgan fingerprint density at radius 3 is 1.97 bits per heavy atom. The third kappa shape index (κ3) is 7.55. The zero-order valence-electron chi connectivity index (χ0n) is 19.0. The number of hydrogen-bond acceptors (Lipinski definition) is 5. The predicted octanol–water partition coefficient (Wildman–Crippen LogP) is 3.73. The van der Waals surface area contributed by atoms with Gasteiger partial charge in [0.05, 0.1) is 4.90 Å². The Kier molecular flexibility index (Phi) is 9.12. The van der Waals surface area contributed by atoms with Crippen LogP contribution < -0.4 is 5.32 Å². The number of rotatable bonds is 5. The highest BCUT2D eigenvalue weighted by molar-refractivity contribution is 7.85. The van der Waals surface area contributed by atoms with E-state index >= 15 is 0 Å². The first-order chi connectivity index (χ1) is 15.0. The maximum atomic E-state index is 12.3. The molecule has 2 N–H and O–H groups in total. The quantitative estimate of drug-likeness (QED) is 0.520. The topological polar surface area (TPSA) is 104 Å². The van der Waals surface area contributed by atoms with E-state index in [2.05, 4.69) is 24.3 Å². The lowest BCUT2D eigenvalue weighted by molar-refractivity contribution is 0.0881. The van der Waals surface area contributed by atoms with Crippen molar-refractivity contribution in [3.05, 3.63) is 65.2 Å². The molecule has 1 aliphatic rings. The first kappa shape index (κ1) is 25.7. The van der Waals surface area contributed by atoms with Gasteiger partial charge in [0, 0.05) is 23.2 Å². The highest BCUT2D eigenvalue weighted by Crippen LogP contribution is 2.22. The standard InChI is InChI=1S/C17H24N2O2.C7H8O3S/c1-12(20)13-8-10-14(11-9-13)17(21)18-15-6-4-5-7-16(15)19(2)3;1-6-2-4-7(5-3-6)11(8,9)10/h8-11,15-16H,4-7H2,1-3H3,(H,18,21);2-5H,1H3,(H,8,9,10)/t15-,16-;/m1./s1. The van der Waals surface area contributed by atoms with Gasteiger partial charge in [-0.3, -0.25) is 14.1 Å². The number of carbonyl (C=O) groups excluding carboxylic acids is 2. The van der Waals surface area contributed by atoms with E-state index in [1.54, 1.807) is 36.4 Å². The van der Waals surface area contributed by atoms with E-state index in [1.165, 1.54) is 31.9 Å². The number of hydrogen-bond donors (Lipinski definition) is 2. The summed E-state index contributed by atoms with van der Waals surface area (Å²) in [4.78, 5) is 25.7. The van der Waals surface area contributed by atoms with Crippen LogP contribution in [0.4, 0.5) is 0 Å². The van der Waals surface area contributed by atoms with E-state index in [0.29, 0.717) is 17.2 Å². The van der Waals surface area contributed by atoms with Gasteiger partial charge < -0.3 is 10.2 Å². The highest BCUT2D eigenvalue weighted by atomic mass is 32.2. The normalized spacial score (nSPS) is 18.4. The van der Waals surface area contributed by atoms with Crippen molar-refractivity contribution in [3.8, 4) is 0 Å². The van der Waals surface area contributed by atoms with Gasteiger partial charge in [0.25, 0.3) is 16.0 Å². The number of carbonyl (C=O) groups is 2. The van der Waals surface area contributed by atoms with Crippen molar-refractivity contribution in [1.29, 1.82) is 0 Å². The molecule has 0 heterocycles. The first-order valence-electron chi connectivity index (χ1n) is 10.6. The Labute approximate surface area is 190 Å². The summed E-state index contributed by atoms with van der Waals surface area (Å²) in [6.07, 6.45) is 4.54. The molecule has 32 heavy (non-hydrogen) atoms. The Balaban J connectivity index is 0.000000278. The van der Waals surface area contributed by atoms with Gasteiger partial charge in [0.15, 0.2) is 5.78 Å². The lowest BCUT2D eigenvalue weighted by atomic mass is 9.89. The van der Waals surface area contributed by atoms with Crippen molar-refractivity contribution in [1.82, 2.24) is 10.2 Å². The van der Waals surface area contributed by atoms with Crippen LogP contribution in [0.3, 0.4) is 0 Å². The van der Waals surface area contributed by atoms with E-state index in [-0.39, 0.29) is 22.6 Å². The van der Waals surface area contributed by atoms with Crippen molar-refractivity contribution in [2.75, 3.05) is 14.1 Å². The molecule has 0 saturated heterocycles. The second kappa shape index (κ2) is 11.4. The summed E-state index contributed by atoms with van der Waals surface area (Å²) in [6.45, 7) is 3.37. The number of aryl methyl sites for hydroxylation is 1. The van der Waals surface area contributed by atoms with Gasteiger partial charge in [0.1, 0.15) is 0 Å². The lowest BCUT2D eigenvalue weighted by Gasteiger charge is -2.36. The van der Waals surface area contributed by atoms with Gasteiger partial charge in [-0.15, -0.1) is 0 Å². The molecular formula is C24H32N2O5S. The second-order valence-electron chi connectivity index (χ2n) is 8.32. The molecule has 174 valence electrons. The molecule has 1 fully saturated rings. The summed E-state index contributed by atoms with van der Waals surface area (Å²) < 4.78 is 29.6. The monoisotopic (exact) mass is 460 g/mol. The van der Waals surface area contributed by atoms with Crippen LogP contribution in [0.2, 0.25) is 0 Å². The molecule has 8 heteroatoms. The molecule has 0 unspecified atom stereocenters. The third-order valence-electron chi connectivity index (χ3n) is 5.58. The van der Waals surface area contributed by atoms with Crippen LogP contribution in [0.15, 0.2) is 53.4 Å². The van der Waals surface area contributed by atoms with Gasteiger partial charge in [-0.2, -0.15) is 8.42 Å². The van der Waals surface area contributed by atoms with Crippen molar-refractivity contribution in [2.24, 2.45) is 0 Å². The zero-order chi connectivity index (χ0) is 23.9. The van der Waals surface area contributed by atoms with Gasteiger partial charge in [-0.1, -0.05) is 42.7 Å². The fourth-order valence-corrected chi connectivity index (χ4v) is 4.20. The Morgan fingerprint density at radius 2 is 1.47 bits per heavy atom. The average Bonchev–Trinajstić information content (AvgIpc) is 2.74. The summed E-state index contributed by atoms with van der Waals surface area (Å²) in [7, 11) is 0.113. The molecule has 0 aromatic heterocycles. The zero-order valence-corrected chi connectivity index (χ0v) is 19.9. The molecule has 2 aromatic carbocycles. The van der Waals surface area contributed by atoms with E-state index in [4.69, 9.17) is 4.55 Å². The van der Waals surface area contributed by atoms with Crippen LogP contribution in [-0.2, 0) is 10.1 Å². The average molecular weight is 461 g/mol. The molecule has 7 nitrogen and oxygen atoms in total. The predicted molar refractivity (Wildman–Crippen MR) is 125 cm³/mol. The molecule has 0 bridgehead atoms. The molecule has 0 radical (unpaired) electrons. The minimum absolute atomic E-state index is 0.0157. The summed E-state index contributed by atoms with van der Waals surface area (Å²) in [5.41, 5.74) is 2.20. The SMILES string of the molecule is CC(=O)c1ccc(C(=O)N[C@@H]2CCCC[C@H]2N(C)C)cc1.Cc1ccc(S(=O)(=O)O)cc1. The minimum Gasteiger partial charge on any atom is -0.348 e. The number of ketones is 1. The van der Waals surface area contributed by atoms with E-state index < -0.39 is 10.1 Å². The Bertz CT molecular complexity index is 1020. The minimum atomic E-state index is -4.02. The fraction of sp³-hybridized carbons (Fsp3) is 0.417. The van der Waals surface area contributed by atoms with Crippen LogP contribution >= 0.6 is 0 Å². The largest absolute Gasteiger partial charge is 0.348 e. The number of benzene rings is 2. The first-order valence-corrected chi connectivity index (χ1v) is 12.1. The Hall–Kier alpha value is -2.55. The van der Waals surface area contributed by atoms with Gasteiger partial charge >= 0.3 is 0 Å². The van der Waals surface area contributed by atoms with E-state index in [9.17, 15) is 18.0 Å². The number of amides is 1. The molecule has 1 amide bonds. The Morgan fingerprint density at radius 1 is 0.938 bits per heavy atom. The second-order valence-corrected chi connectivity index (χ2v) is 9.74. The maximum absolute atomic E-state index is 12.3. The van der Waals surface area contributed by atoms with Crippen molar-refractivity contribution >= 4 is 21.8 Å². The molecule has 2 aromatic rings. The van der Waals surface area contributed by atoms with E-state index in [0.717, 1.165) is 18.4 Å². The van der Waals surface area contributed by atoms with Crippen molar-refractivity contribution < 1.29 is 22.6 Å². The van der Waals surface area contributed by atoms with Crippen LogP contribution in [0, 0.1) is 6.92 Å². The number of Topliss-reactive ketones (excluding diaryl/α,β-unsaturated/α-hetero) is 1. The highest BCUT2D eigenvalue weighted by Gasteiger charge is 2.28. The third-order valence-corrected chi connectivity index (χ3v) is 6.45. The molecule has 0 spiro atoms. The summed E-state index contributed by atoms with van der Waals surface area (Å²) in [6, 6.07) is 13.5. The van der Waals surface area contributed by atoms with Gasteiger partial charge in [-0.05, 0) is 65.0 Å². The smallest absolute Gasteiger partial charge is 0.294 e. The molecule has 1 saturated carbocycles. The van der Waals surface area contributed by atoms with Gasteiger partial charge in [-0.25, -0.2) is 0 Å². The summed E-state index contributed by atoms with van der Waals surface area (Å²) >= 11 is 0. The molecule has 0 aliphatic heterocycles. The fourth-order valence-electron chi connectivity index (χ4n) is 3.72. The van der Waals surface area contributed by atoms with Crippen LogP contribution in [0.25, 0.3) is 0 Å². The number of nitrogens with zero attached hydrogens (tertiary/aromatic N) is 1. The maximum Gasteiger partial charge on any atom is 0.294 e. The summed E-state index contributed by atoms with van der Waals surface area (Å²) in [5.74, 6) is -0.0363. The molecule has 1 aliphatic carbocycles. The molecule has 3 rings (SSSR count). The van der Waals surface area contributed by atoms with Gasteiger partial charge in [0.2, 0.25) is 0 Å². The summed E-state index contributed by atoms with van der Waals surface area (Å²) in [5, 5.41) is 3.15. The van der Waals surface area contributed by atoms with Crippen LogP contribution in [0.1, 0.15) is 58.9 Å². The molecule has 2 atom stereocenters. The number of likely N-dealkylation sites (N-methyl/N-ethyl adjacent to an activating group) is 1. The van der Waals surface area contributed by atoms with Crippen LogP contribution in [0.5, 0.6) is 0 Å².